The fourth-order valence-electron chi connectivity index (χ4n) is 2.35. The second-order valence-electron chi connectivity index (χ2n) is 5.02. The molecule has 1 aromatic rings. The maximum absolute atomic E-state index is 12.3. The van der Waals surface area contributed by atoms with Crippen molar-refractivity contribution in [2.24, 2.45) is 0 Å². The van der Waals surface area contributed by atoms with Crippen molar-refractivity contribution in [2.45, 2.75) is 44.2 Å². The van der Waals surface area contributed by atoms with Gasteiger partial charge in [-0.25, -0.2) is 0 Å². The summed E-state index contributed by atoms with van der Waals surface area (Å²) >= 11 is 0. The van der Waals surface area contributed by atoms with Crippen molar-refractivity contribution >= 4 is 5.91 Å². The molecule has 1 aromatic carbocycles. The summed E-state index contributed by atoms with van der Waals surface area (Å²) in [6, 6.07) is 5.10. The Morgan fingerprint density at radius 2 is 1.81 bits per heavy atom. The summed E-state index contributed by atoms with van der Waals surface area (Å²) in [5.74, 6) is -1.12. The summed E-state index contributed by atoms with van der Waals surface area (Å²) in [6.07, 6.45) is -2.84. The Labute approximate surface area is 119 Å². The van der Waals surface area contributed by atoms with Crippen LogP contribution in [-0.4, -0.2) is 29.5 Å². The van der Waals surface area contributed by atoms with Crippen molar-refractivity contribution in [1.82, 2.24) is 5.32 Å². The van der Waals surface area contributed by atoms with Gasteiger partial charge < -0.3 is 15.2 Å². The summed E-state index contributed by atoms with van der Waals surface area (Å²) in [5.41, 5.74) is -0.152. The normalized spacial score (nSPS) is 22.7. The standard InChI is InChI=1S/C14H16F3NO3/c15-14(16,17)21-12-4-2-1-3-11(12)13(20)18-9-5-7-10(19)8-6-9/h1-4,9-10,19H,5-8H2,(H,18,20). The van der Waals surface area contributed by atoms with Crippen molar-refractivity contribution in [3.8, 4) is 5.75 Å². The fourth-order valence-corrected chi connectivity index (χ4v) is 2.35. The van der Waals surface area contributed by atoms with Gasteiger partial charge in [-0.3, -0.25) is 4.79 Å². The van der Waals surface area contributed by atoms with Crippen LogP contribution in [0.4, 0.5) is 13.2 Å². The zero-order valence-electron chi connectivity index (χ0n) is 11.2. The highest BCUT2D eigenvalue weighted by atomic mass is 19.4. The summed E-state index contributed by atoms with van der Waals surface area (Å²) in [7, 11) is 0. The second-order valence-corrected chi connectivity index (χ2v) is 5.02. The fraction of sp³-hybridized carbons (Fsp3) is 0.500. The number of carbonyl (C=O) groups is 1. The maximum Gasteiger partial charge on any atom is 0.573 e. The molecular weight excluding hydrogens is 287 g/mol. The zero-order chi connectivity index (χ0) is 15.5. The molecular formula is C14H16F3NO3. The number of nitrogens with one attached hydrogen (secondary N) is 1. The molecule has 0 heterocycles. The molecule has 7 heteroatoms. The van der Waals surface area contributed by atoms with Crippen LogP contribution < -0.4 is 10.1 Å². The number of amides is 1. The number of carbonyl (C=O) groups excluding carboxylic acids is 1. The number of para-hydroxylation sites is 1. The number of hydrogen-bond donors (Lipinski definition) is 2. The third-order valence-corrected chi connectivity index (χ3v) is 3.39. The molecule has 4 nitrogen and oxygen atoms in total. The third kappa shape index (κ3) is 4.63. The van der Waals surface area contributed by atoms with Crippen molar-refractivity contribution in [3.63, 3.8) is 0 Å². The van der Waals surface area contributed by atoms with Crippen molar-refractivity contribution in [2.75, 3.05) is 0 Å². The number of ether oxygens (including phenoxy) is 1. The van der Waals surface area contributed by atoms with Crippen molar-refractivity contribution < 1.29 is 27.8 Å². The van der Waals surface area contributed by atoms with E-state index in [0.29, 0.717) is 25.7 Å². The maximum atomic E-state index is 12.3. The monoisotopic (exact) mass is 303 g/mol. The van der Waals surface area contributed by atoms with Gasteiger partial charge in [-0.15, -0.1) is 13.2 Å². The molecule has 21 heavy (non-hydrogen) atoms. The summed E-state index contributed by atoms with van der Waals surface area (Å²) < 4.78 is 40.8. The molecule has 0 spiro atoms. The van der Waals surface area contributed by atoms with Gasteiger partial charge in [0, 0.05) is 6.04 Å². The molecule has 1 amide bonds. The number of aliphatic hydroxyl groups is 1. The molecule has 1 aliphatic carbocycles. The van der Waals surface area contributed by atoms with E-state index in [2.05, 4.69) is 10.1 Å². The molecule has 0 aliphatic heterocycles. The molecule has 1 aliphatic rings. The van der Waals surface area contributed by atoms with Crippen LogP contribution in [0.1, 0.15) is 36.0 Å². The first-order valence-electron chi connectivity index (χ1n) is 6.69. The smallest absolute Gasteiger partial charge is 0.405 e. The first-order chi connectivity index (χ1) is 9.85. The topological polar surface area (TPSA) is 58.6 Å². The van der Waals surface area contributed by atoms with Crippen LogP contribution in [0.3, 0.4) is 0 Å². The lowest BCUT2D eigenvalue weighted by molar-refractivity contribution is -0.274. The highest BCUT2D eigenvalue weighted by Crippen LogP contribution is 2.27. The van der Waals surface area contributed by atoms with E-state index in [-0.39, 0.29) is 17.7 Å². The Morgan fingerprint density at radius 3 is 2.43 bits per heavy atom. The van der Waals surface area contributed by atoms with Gasteiger partial charge in [-0.1, -0.05) is 12.1 Å². The van der Waals surface area contributed by atoms with Crippen molar-refractivity contribution in [3.05, 3.63) is 29.8 Å². The average Bonchev–Trinajstić information content (AvgIpc) is 2.40. The lowest BCUT2D eigenvalue weighted by Crippen LogP contribution is -2.38. The second kappa shape index (κ2) is 6.34. The molecule has 0 saturated heterocycles. The Hall–Kier alpha value is -1.76. The number of hydrogen-bond acceptors (Lipinski definition) is 3. The molecule has 116 valence electrons. The minimum Gasteiger partial charge on any atom is -0.405 e. The Kier molecular flexibility index (Phi) is 4.72. The van der Waals surface area contributed by atoms with Crippen LogP contribution in [0.25, 0.3) is 0 Å². The predicted octanol–water partition coefficient (Wildman–Crippen LogP) is 2.62. The molecule has 0 bridgehead atoms. The lowest BCUT2D eigenvalue weighted by atomic mass is 9.93. The molecule has 0 atom stereocenters. The Bertz CT molecular complexity index is 496. The van der Waals surface area contributed by atoms with Crippen molar-refractivity contribution in [1.29, 1.82) is 0 Å². The molecule has 1 saturated carbocycles. The Balaban J connectivity index is 2.05. The van der Waals surface area contributed by atoms with E-state index in [1.54, 1.807) is 0 Å². The van der Waals surface area contributed by atoms with Gasteiger partial charge in [-0.2, -0.15) is 0 Å². The van der Waals surface area contributed by atoms with Gasteiger partial charge in [0.2, 0.25) is 0 Å². The van der Waals surface area contributed by atoms with Gasteiger partial charge in [0.05, 0.1) is 11.7 Å². The first kappa shape index (κ1) is 15.6. The van der Waals surface area contributed by atoms with Gasteiger partial charge in [0.1, 0.15) is 5.75 Å². The number of rotatable bonds is 3. The average molecular weight is 303 g/mol. The number of benzene rings is 1. The van der Waals surface area contributed by atoms with E-state index in [1.165, 1.54) is 18.2 Å². The molecule has 2 rings (SSSR count). The molecule has 0 radical (unpaired) electrons. The molecule has 2 N–H and O–H groups in total. The lowest BCUT2D eigenvalue weighted by Gasteiger charge is -2.26. The van der Waals surface area contributed by atoms with Crippen LogP contribution in [0, 0.1) is 0 Å². The minimum absolute atomic E-state index is 0.139. The minimum atomic E-state index is -4.84. The molecule has 0 unspecified atom stereocenters. The van der Waals surface area contributed by atoms with E-state index >= 15 is 0 Å². The summed E-state index contributed by atoms with van der Waals surface area (Å²) in [4.78, 5) is 12.1. The van der Waals surface area contributed by atoms with Gasteiger partial charge in [0.25, 0.3) is 5.91 Å². The number of alkyl halides is 3. The van der Waals surface area contributed by atoms with Crippen LogP contribution in [0.15, 0.2) is 24.3 Å². The van der Waals surface area contributed by atoms with Gasteiger partial charge >= 0.3 is 6.36 Å². The van der Waals surface area contributed by atoms with E-state index < -0.39 is 18.0 Å². The van der Waals surface area contributed by atoms with Crippen LogP contribution in [0.5, 0.6) is 5.75 Å². The number of aliphatic hydroxyl groups excluding tert-OH is 1. The molecule has 0 aromatic heterocycles. The highest BCUT2D eigenvalue weighted by molar-refractivity contribution is 5.97. The van der Waals surface area contributed by atoms with Gasteiger partial charge in [-0.05, 0) is 37.8 Å². The van der Waals surface area contributed by atoms with E-state index in [1.807, 2.05) is 0 Å². The summed E-state index contributed by atoms with van der Waals surface area (Å²) in [6.45, 7) is 0. The van der Waals surface area contributed by atoms with E-state index in [4.69, 9.17) is 0 Å². The predicted molar refractivity (Wildman–Crippen MR) is 68.9 cm³/mol. The molecule has 1 fully saturated rings. The van der Waals surface area contributed by atoms with E-state index in [0.717, 1.165) is 6.07 Å². The quantitative estimate of drug-likeness (QED) is 0.902. The largest absolute Gasteiger partial charge is 0.573 e. The summed E-state index contributed by atoms with van der Waals surface area (Å²) in [5, 5.41) is 12.1. The highest BCUT2D eigenvalue weighted by Gasteiger charge is 2.33. The Morgan fingerprint density at radius 1 is 1.19 bits per heavy atom. The van der Waals surface area contributed by atoms with Crippen LogP contribution in [0.2, 0.25) is 0 Å². The van der Waals surface area contributed by atoms with Crippen LogP contribution >= 0.6 is 0 Å². The SMILES string of the molecule is O=C(NC1CCC(O)CC1)c1ccccc1OC(F)(F)F. The zero-order valence-corrected chi connectivity index (χ0v) is 11.2. The first-order valence-corrected chi connectivity index (χ1v) is 6.69. The third-order valence-electron chi connectivity index (χ3n) is 3.39. The number of halogens is 3. The van der Waals surface area contributed by atoms with Gasteiger partial charge in [0.15, 0.2) is 0 Å². The van der Waals surface area contributed by atoms with E-state index in [9.17, 15) is 23.1 Å². The van der Waals surface area contributed by atoms with Crippen LogP contribution in [-0.2, 0) is 0 Å².